The van der Waals surface area contributed by atoms with Crippen LogP contribution in [0.2, 0.25) is 0 Å². The Bertz CT molecular complexity index is 920. The largest absolute Gasteiger partial charge is 0.475 e. The summed E-state index contributed by atoms with van der Waals surface area (Å²) < 4.78 is 5.31. The van der Waals surface area contributed by atoms with Crippen LogP contribution in [0.4, 0.5) is 5.82 Å². The van der Waals surface area contributed by atoms with Gasteiger partial charge in [-0.2, -0.15) is 5.10 Å². The molecular weight excluding hydrogens is 298 g/mol. The molecule has 0 saturated heterocycles. The third-order valence-corrected chi connectivity index (χ3v) is 3.85. The molecule has 0 aliphatic heterocycles. The summed E-state index contributed by atoms with van der Waals surface area (Å²) in [7, 11) is 0. The lowest BCUT2D eigenvalue weighted by Crippen LogP contribution is -2.13. The first-order chi connectivity index (χ1) is 11.1. The highest BCUT2D eigenvalue weighted by Crippen LogP contribution is 2.32. The second kappa shape index (κ2) is 4.98. The number of carbonyl (C=O) groups excluding carboxylic acids is 1. The Morgan fingerprint density at radius 2 is 2.09 bits per heavy atom. The van der Waals surface area contributed by atoms with Gasteiger partial charge in [-0.1, -0.05) is 0 Å². The topological polar surface area (TPSA) is 108 Å². The van der Waals surface area contributed by atoms with Gasteiger partial charge in [0.2, 0.25) is 11.7 Å². The number of carboxylic acid groups (broad SMARTS) is 1. The quantitative estimate of drug-likeness (QED) is 0.686. The van der Waals surface area contributed by atoms with Gasteiger partial charge < -0.3 is 14.8 Å². The van der Waals surface area contributed by atoms with Crippen molar-refractivity contribution in [2.45, 2.75) is 12.8 Å². The first-order valence-corrected chi connectivity index (χ1v) is 7.24. The van der Waals surface area contributed by atoms with Crippen LogP contribution in [0, 0.1) is 5.92 Å². The number of anilines is 1. The Morgan fingerprint density at radius 3 is 2.78 bits per heavy atom. The number of H-pyrrole nitrogens is 1. The number of carboxylic acids is 1. The van der Waals surface area contributed by atoms with E-state index in [9.17, 15) is 9.59 Å². The number of nitrogens with zero attached hydrogens (tertiary/aromatic N) is 1. The monoisotopic (exact) mass is 311 g/mol. The molecule has 0 spiro atoms. The van der Waals surface area contributed by atoms with Crippen molar-refractivity contribution in [1.29, 1.82) is 0 Å². The van der Waals surface area contributed by atoms with Crippen LogP contribution in [0.25, 0.3) is 22.2 Å². The Hall–Kier alpha value is -3.09. The maximum atomic E-state index is 11.9. The van der Waals surface area contributed by atoms with E-state index in [1.165, 1.54) is 6.07 Å². The Morgan fingerprint density at radius 1 is 1.26 bits per heavy atom. The number of hydrogen-bond acceptors (Lipinski definition) is 4. The minimum Gasteiger partial charge on any atom is -0.475 e. The van der Waals surface area contributed by atoms with Crippen molar-refractivity contribution >= 4 is 28.6 Å². The molecule has 0 radical (unpaired) electrons. The zero-order valence-electron chi connectivity index (χ0n) is 12.0. The third-order valence-electron chi connectivity index (χ3n) is 3.85. The van der Waals surface area contributed by atoms with E-state index in [1.807, 2.05) is 12.1 Å². The number of nitrogens with one attached hydrogen (secondary N) is 2. The lowest BCUT2D eigenvalue weighted by Gasteiger charge is -2.02. The molecule has 4 rings (SSSR count). The fourth-order valence-electron chi connectivity index (χ4n) is 2.43. The smallest absolute Gasteiger partial charge is 0.371 e. The summed E-state index contributed by atoms with van der Waals surface area (Å²) in [5.41, 5.74) is 1.50. The van der Waals surface area contributed by atoms with Crippen LogP contribution in [0.1, 0.15) is 23.4 Å². The molecular formula is C16H13N3O4. The van der Waals surface area contributed by atoms with Crippen LogP contribution in [0.15, 0.2) is 34.7 Å². The average molecular weight is 311 g/mol. The molecule has 0 atom stereocenters. The maximum absolute atomic E-state index is 11.9. The molecule has 0 unspecified atom stereocenters. The van der Waals surface area contributed by atoms with E-state index in [4.69, 9.17) is 9.52 Å². The van der Waals surface area contributed by atoms with Crippen molar-refractivity contribution in [3.8, 4) is 11.3 Å². The van der Waals surface area contributed by atoms with Gasteiger partial charge in [-0.3, -0.25) is 9.89 Å². The van der Waals surface area contributed by atoms with Gasteiger partial charge in [0, 0.05) is 16.9 Å². The van der Waals surface area contributed by atoms with Crippen molar-refractivity contribution in [3.63, 3.8) is 0 Å². The lowest BCUT2D eigenvalue weighted by atomic mass is 10.1. The van der Waals surface area contributed by atoms with Crippen LogP contribution in [0.3, 0.4) is 0 Å². The highest BCUT2D eigenvalue weighted by atomic mass is 16.4. The van der Waals surface area contributed by atoms with Crippen LogP contribution in [-0.4, -0.2) is 27.2 Å². The fourth-order valence-corrected chi connectivity index (χ4v) is 2.43. The van der Waals surface area contributed by atoms with Gasteiger partial charge in [-0.15, -0.1) is 0 Å². The van der Waals surface area contributed by atoms with E-state index in [0.29, 0.717) is 17.1 Å². The molecule has 2 heterocycles. The van der Waals surface area contributed by atoms with Crippen LogP contribution in [0.5, 0.6) is 0 Å². The highest BCUT2D eigenvalue weighted by molar-refractivity contribution is 6.02. The Balaban J connectivity index is 1.70. The standard InChI is InChI=1S/C16H13N3O4/c20-15(8-1-2-8)17-14-10-7-9(3-4-11(10)18-19-14)12-5-6-13(23-12)16(21)22/h3-8H,1-2H2,(H,21,22)(H2,17,18,19,20). The molecule has 0 bridgehead atoms. The molecule has 23 heavy (non-hydrogen) atoms. The molecule has 1 amide bonds. The zero-order chi connectivity index (χ0) is 16.0. The van der Waals surface area contributed by atoms with Gasteiger partial charge in [0.1, 0.15) is 5.76 Å². The molecule has 3 N–H and O–H groups in total. The maximum Gasteiger partial charge on any atom is 0.371 e. The number of benzene rings is 1. The normalized spacial score (nSPS) is 14.1. The van der Waals surface area contributed by atoms with E-state index >= 15 is 0 Å². The number of aromatic nitrogens is 2. The summed E-state index contributed by atoms with van der Waals surface area (Å²) in [6.07, 6.45) is 1.84. The van der Waals surface area contributed by atoms with Crippen LogP contribution in [-0.2, 0) is 4.79 Å². The molecule has 1 aliphatic carbocycles. The molecule has 1 fully saturated rings. The van der Waals surface area contributed by atoms with E-state index in [2.05, 4.69) is 15.5 Å². The van der Waals surface area contributed by atoms with Gasteiger partial charge in [-0.05, 0) is 43.2 Å². The molecule has 2 aromatic heterocycles. The number of rotatable bonds is 4. The van der Waals surface area contributed by atoms with E-state index < -0.39 is 5.97 Å². The first-order valence-electron chi connectivity index (χ1n) is 7.24. The third kappa shape index (κ3) is 2.46. The van der Waals surface area contributed by atoms with Crippen molar-refractivity contribution < 1.29 is 19.1 Å². The zero-order valence-corrected chi connectivity index (χ0v) is 12.0. The van der Waals surface area contributed by atoms with Gasteiger partial charge >= 0.3 is 5.97 Å². The van der Waals surface area contributed by atoms with Gasteiger partial charge in [0.15, 0.2) is 5.82 Å². The summed E-state index contributed by atoms with van der Waals surface area (Å²) in [5.74, 6) is -0.232. The number of amides is 1. The molecule has 1 aromatic carbocycles. The number of fused-ring (bicyclic) bond motifs is 1. The number of aromatic amines is 1. The second-order valence-corrected chi connectivity index (χ2v) is 5.57. The van der Waals surface area contributed by atoms with E-state index in [0.717, 1.165) is 23.7 Å². The SMILES string of the molecule is O=C(O)c1ccc(-c2ccc3[nH]nc(NC(=O)C4CC4)c3c2)o1. The lowest BCUT2D eigenvalue weighted by molar-refractivity contribution is -0.117. The van der Waals surface area contributed by atoms with Crippen LogP contribution < -0.4 is 5.32 Å². The minimum atomic E-state index is -1.11. The van der Waals surface area contributed by atoms with Crippen molar-refractivity contribution in [1.82, 2.24) is 10.2 Å². The summed E-state index contributed by atoms with van der Waals surface area (Å²) in [6, 6.07) is 8.44. The molecule has 7 heteroatoms. The number of hydrogen-bond donors (Lipinski definition) is 3. The molecule has 116 valence electrons. The number of aromatic carboxylic acids is 1. The predicted octanol–water partition coefficient (Wildman–Crippen LogP) is 2.87. The van der Waals surface area contributed by atoms with Gasteiger partial charge in [-0.25, -0.2) is 4.79 Å². The summed E-state index contributed by atoms with van der Waals surface area (Å²) >= 11 is 0. The van der Waals surface area contributed by atoms with E-state index in [1.54, 1.807) is 12.1 Å². The molecule has 1 saturated carbocycles. The second-order valence-electron chi connectivity index (χ2n) is 5.57. The van der Waals surface area contributed by atoms with Crippen molar-refractivity contribution in [2.75, 3.05) is 5.32 Å². The van der Waals surface area contributed by atoms with Gasteiger partial charge in [0.05, 0.1) is 5.52 Å². The van der Waals surface area contributed by atoms with E-state index in [-0.39, 0.29) is 17.6 Å². The highest BCUT2D eigenvalue weighted by Gasteiger charge is 2.30. The molecule has 3 aromatic rings. The molecule has 1 aliphatic rings. The average Bonchev–Trinajstić information content (AvgIpc) is 3.14. The summed E-state index contributed by atoms with van der Waals surface area (Å²) in [6.45, 7) is 0. The summed E-state index contributed by atoms with van der Waals surface area (Å²) in [4.78, 5) is 22.8. The Labute approximate surface area is 130 Å². The van der Waals surface area contributed by atoms with Crippen LogP contribution >= 0.6 is 0 Å². The Kier molecular flexibility index (Phi) is 2.94. The number of carbonyl (C=O) groups is 2. The predicted molar refractivity (Wildman–Crippen MR) is 82.1 cm³/mol. The minimum absolute atomic E-state index is 0.0186. The van der Waals surface area contributed by atoms with Crippen molar-refractivity contribution in [3.05, 3.63) is 36.1 Å². The fraction of sp³-hybridized carbons (Fsp3) is 0.188. The number of furan rings is 1. The molecule has 7 nitrogen and oxygen atoms in total. The van der Waals surface area contributed by atoms with Crippen molar-refractivity contribution in [2.24, 2.45) is 5.92 Å². The van der Waals surface area contributed by atoms with Gasteiger partial charge in [0.25, 0.3) is 0 Å². The first kappa shape index (κ1) is 13.6. The summed E-state index contributed by atoms with van der Waals surface area (Å²) in [5, 5.41) is 19.5.